The summed E-state index contributed by atoms with van der Waals surface area (Å²) in [6, 6.07) is 0. The van der Waals surface area contributed by atoms with Crippen molar-refractivity contribution >= 4 is 41.0 Å². The summed E-state index contributed by atoms with van der Waals surface area (Å²) in [4.78, 5) is 79.5. The molecule has 0 atom stereocenters. The van der Waals surface area contributed by atoms with Crippen molar-refractivity contribution in [2.45, 2.75) is 52.4 Å². The summed E-state index contributed by atoms with van der Waals surface area (Å²) in [6.07, 6.45) is 7.36. The fraction of sp³-hybridized carbons (Fsp3) is 0.522. The van der Waals surface area contributed by atoms with Gasteiger partial charge in [-0.2, -0.15) is 0 Å². The van der Waals surface area contributed by atoms with Crippen molar-refractivity contribution in [2.24, 2.45) is 0 Å². The number of hydrogen-bond acceptors (Lipinski definition) is 8. The van der Waals surface area contributed by atoms with Gasteiger partial charge in [0.2, 0.25) is 0 Å². The third-order valence-electron chi connectivity index (χ3n) is 4.67. The number of ether oxygens (including phenoxy) is 1. The van der Waals surface area contributed by atoms with Crippen LogP contribution in [-0.4, -0.2) is 77.1 Å². The van der Waals surface area contributed by atoms with E-state index in [1.807, 2.05) is 0 Å². The molecule has 2 rings (SSSR count). The van der Waals surface area contributed by atoms with Crippen LogP contribution in [0, 0.1) is 0 Å². The molecule has 0 saturated carbocycles. The topological polar surface area (TPSA) is 135 Å². The first kappa shape index (κ1) is 27.8. The van der Waals surface area contributed by atoms with Gasteiger partial charge in [-0.05, 0) is 26.7 Å². The Hall–Kier alpha value is -3.27. The summed E-state index contributed by atoms with van der Waals surface area (Å²) >= 11 is 0. The van der Waals surface area contributed by atoms with Crippen molar-refractivity contribution in [3.05, 3.63) is 24.3 Å². The van der Waals surface area contributed by atoms with E-state index in [1.165, 1.54) is 38.2 Å². The molecule has 10 heteroatoms. The van der Waals surface area contributed by atoms with Gasteiger partial charge in [0.15, 0.2) is 0 Å². The normalized spacial score (nSPS) is 14.7. The van der Waals surface area contributed by atoms with Gasteiger partial charge in [-0.3, -0.25) is 38.6 Å². The van der Waals surface area contributed by atoms with Gasteiger partial charge in [-0.15, -0.1) is 0 Å². The molecule has 2 aliphatic heterocycles. The van der Waals surface area contributed by atoms with Crippen molar-refractivity contribution in [1.82, 2.24) is 9.80 Å². The molecule has 2 aliphatic rings. The lowest BCUT2D eigenvalue weighted by molar-refractivity contribution is -0.138. The molecule has 0 N–H and O–H groups in total. The predicted molar refractivity (Wildman–Crippen MR) is 117 cm³/mol. The highest BCUT2D eigenvalue weighted by Gasteiger charge is 2.23. The molecule has 180 valence electrons. The zero-order chi connectivity index (χ0) is 24.8. The molecule has 0 aromatic carbocycles. The van der Waals surface area contributed by atoms with Crippen LogP contribution in [0.25, 0.3) is 0 Å². The van der Waals surface area contributed by atoms with E-state index in [9.17, 15) is 33.6 Å². The number of carbonyl (C=O) groups is 7. The zero-order valence-corrected chi connectivity index (χ0v) is 19.0. The Bertz CT molecular complexity index is 807. The van der Waals surface area contributed by atoms with Crippen LogP contribution >= 0.6 is 0 Å². The first-order valence-corrected chi connectivity index (χ1v) is 10.8. The number of Topliss-reactive ketones (excluding diaryl/α,β-unsaturated/α-hetero) is 3. The molecule has 0 spiro atoms. The highest BCUT2D eigenvalue weighted by atomic mass is 16.5. The molecule has 0 aromatic rings. The van der Waals surface area contributed by atoms with Crippen molar-refractivity contribution in [3.63, 3.8) is 0 Å². The smallest absolute Gasteiger partial charge is 0.253 e. The highest BCUT2D eigenvalue weighted by Crippen LogP contribution is 2.06. The SMILES string of the molecule is CC(=O)CCCN1C(=O)C=CC1=O.CC(=O)CCOCCCC(=O)CCN1C(=O)C=CC1=O. The van der Waals surface area contributed by atoms with Gasteiger partial charge in [0, 0.05) is 69.7 Å². The molecule has 0 radical (unpaired) electrons. The third-order valence-corrected chi connectivity index (χ3v) is 4.67. The van der Waals surface area contributed by atoms with Crippen LogP contribution in [-0.2, 0) is 38.3 Å². The number of amides is 4. The van der Waals surface area contributed by atoms with E-state index in [-0.39, 0.29) is 53.9 Å². The quantitative estimate of drug-likeness (QED) is 0.275. The van der Waals surface area contributed by atoms with Crippen LogP contribution in [0.4, 0.5) is 0 Å². The van der Waals surface area contributed by atoms with E-state index in [1.54, 1.807) is 0 Å². The third kappa shape index (κ3) is 11.2. The molecule has 0 bridgehead atoms. The van der Waals surface area contributed by atoms with Crippen molar-refractivity contribution in [2.75, 3.05) is 26.3 Å². The van der Waals surface area contributed by atoms with E-state index < -0.39 is 0 Å². The minimum absolute atomic E-state index is 0.00679. The first-order valence-electron chi connectivity index (χ1n) is 10.8. The summed E-state index contributed by atoms with van der Waals surface area (Å²) in [7, 11) is 0. The number of rotatable bonds is 14. The van der Waals surface area contributed by atoms with Crippen LogP contribution < -0.4 is 0 Å². The molecular weight excluding hydrogens is 432 g/mol. The molecule has 4 amide bonds. The van der Waals surface area contributed by atoms with E-state index in [2.05, 4.69) is 0 Å². The first-order chi connectivity index (χ1) is 15.6. The van der Waals surface area contributed by atoms with E-state index in [0.717, 1.165) is 9.80 Å². The fourth-order valence-electron chi connectivity index (χ4n) is 2.84. The fourth-order valence-corrected chi connectivity index (χ4v) is 2.84. The Morgan fingerprint density at radius 1 is 0.636 bits per heavy atom. The van der Waals surface area contributed by atoms with Crippen molar-refractivity contribution in [1.29, 1.82) is 0 Å². The Labute approximate surface area is 192 Å². The molecular formula is C23H30N2O8. The van der Waals surface area contributed by atoms with Gasteiger partial charge < -0.3 is 9.53 Å². The second kappa shape index (κ2) is 14.7. The molecule has 0 unspecified atom stereocenters. The Balaban J connectivity index is 0.000000361. The number of hydrogen-bond donors (Lipinski definition) is 0. The van der Waals surface area contributed by atoms with Crippen LogP contribution in [0.2, 0.25) is 0 Å². The Kier molecular flexibility index (Phi) is 12.4. The summed E-state index contributed by atoms with van der Waals surface area (Å²) < 4.78 is 5.21. The van der Waals surface area contributed by atoms with Gasteiger partial charge in [-0.1, -0.05) is 0 Å². The minimum Gasteiger partial charge on any atom is -0.381 e. The molecule has 0 aliphatic carbocycles. The summed E-state index contributed by atoms with van der Waals surface area (Å²) in [6.45, 7) is 4.28. The Morgan fingerprint density at radius 3 is 1.61 bits per heavy atom. The lowest BCUT2D eigenvalue weighted by Crippen LogP contribution is -2.32. The van der Waals surface area contributed by atoms with Crippen molar-refractivity contribution < 1.29 is 38.3 Å². The van der Waals surface area contributed by atoms with Gasteiger partial charge in [0.25, 0.3) is 23.6 Å². The predicted octanol–water partition coefficient (Wildman–Crippen LogP) is 0.927. The summed E-state index contributed by atoms with van der Waals surface area (Å²) in [5, 5.41) is 0. The van der Waals surface area contributed by atoms with Gasteiger partial charge in [0.1, 0.15) is 17.3 Å². The maximum Gasteiger partial charge on any atom is 0.253 e. The lowest BCUT2D eigenvalue weighted by atomic mass is 10.1. The maximum absolute atomic E-state index is 11.6. The van der Waals surface area contributed by atoms with Crippen LogP contribution in [0.1, 0.15) is 52.4 Å². The molecule has 0 aromatic heterocycles. The number of nitrogens with zero attached hydrogens (tertiary/aromatic N) is 2. The standard InChI is InChI=1S/C14H19NO5.C9H11NO3/c1-11(16)7-10-20-9-2-3-12(17)6-8-15-13(18)4-5-14(15)19;1-7(11)3-2-6-10-8(12)4-5-9(10)13/h4-5H,2-3,6-10H2,1H3;4-5H,2-3,6H2,1H3. The highest BCUT2D eigenvalue weighted by molar-refractivity contribution is 6.13. The second-order valence-corrected chi connectivity index (χ2v) is 7.59. The Morgan fingerprint density at radius 2 is 1.12 bits per heavy atom. The second-order valence-electron chi connectivity index (χ2n) is 7.59. The molecule has 10 nitrogen and oxygen atoms in total. The van der Waals surface area contributed by atoms with Crippen LogP contribution in [0.15, 0.2) is 24.3 Å². The number of imide groups is 2. The summed E-state index contributed by atoms with van der Waals surface area (Å²) in [5.41, 5.74) is 0. The van der Waals surface area contributed by atoms with Crippen molar-refractivity contribution in [3.8, 4) is 0 Å². The van der Waals surface area contributed by atoms with Crippen LogP contribution in [0.3, 0.4) is 0 Å². The number of carbonyl (C=O) groups excluding carboxylic acids is 7. The number of ketones is 3. The van der Waals surface area contributed by atoms with E-state index >= 15 is 0 Å². The van der Waals surface area contributed by atoms with E-state index in [0.29, 0.717) is 51.9 Å². The largest absolute Gasteiger partial charge is 0.381 e. The molecule has 0 saturated heterocycles. The molecule has 2 heterocycles. The average Bonchev–Trinajstić information content (AvgIpc) is 3.24. The maximum atomic E-state index is 11.6. The van der Waals surface area contributed by atoms with Gasteiger partial charge in [-0.25, -0.2) is 0 Å². The van der Waals surface area contributed by atoms with Gasteiger partial charge >= 0.3 is 0 Å². The minimum atomic E-state index is -0.365. The average molecular weight is 462 g/mol. The molecule has 0 fully saturated rings. The van der Waals surface area contributed by atoms with Crippen LogP contribution in [0.5, 0.6) is 0 Å². The van der Waals surface area contributed by atoms with Gasteiger partial charge in [0.05, 0.1) is 6.61 Å². The van der Waals surface area contributed by atoms with E-state index in [4.69, 9.17) is 4.74 Å². The lowest BCUT2D eigenvalue weighted by Gasteiger charge is -2.12. The summed E-state index contributed by atoms with van der Waals surface area (Å²) in [5.74, 6) is -1.15. The zero-order valence-electron chi connectivity index (χ0n) is 19.0. The molecule has 33 heavy (non-hydrogen) atoms. The monoisotopic (exact) mass is 462 g/mol.